The van der Waals surface area contributed by atoms with Crippen LogP contribution in [0.1, 0.15) is 24.2 Å². The van der Waals surface area contributed by atoms with Crippen molar-refractivity contribution >= 4 is 34.9 Å². The highest BCUT2D eigenvalue weighted by Crippen LogP contribution is 2.29. The fourth-order valence-corrected chi connectivity index (χ4v) is 3.20. The third-order valence-electron chi connectivity index (χ3n) is 4.86. The van der Waals surface area contributed by atoms with E-state index >= 15 is 0 Å². The van der Waals surface area contributed by atoms with Gasteiger partial charge in [-0.25, -0.2) is 9.59 Å². The van der Waals surface area contributed by atoms with Gasteiger partial charge in [-0.3, -0.25) is 9.59 Å². The minimum absolute atomic E-state index is 0.0225. The van der Waals surface area contributed by atoms with Crippen LogP contribution in [0.15, 0.2) is 57.8 Å². The molecule has 1 heterocycles. The number of nitrogens with one attached hydrogen (secondary N) is 1. The van der Waals surface area contributed by atoms with E-state index < -0.39 is 36.1 Å². The Morgan fingerprint density at radius 3 is 2.56 bits per heavy atom. The number of esters is 2. The molecule has 188 valence electrons. The Morgan fingerprint density at radius 2 is 1.86 bits per heavy atom. The van der Waals surface area contributed by atoms with E-state index in [4.69, 9.17) is 18.6 Å². The number of fused-ring (bicyclic) bond motifs is 1. The highest BCUT2D eigenvalue weighted by molar-refractivity contribution is 5.95. The number of ether oxygens (including phenoxy) is 3. The van der Waals surface area contributed by atoms with Crippen LogP contribution in [0.2, 0.25) is 0 Å². The molecule has 1 aromatic heterocycles. The highest BCUT2D eigenvalue weighted by atomic mass is 16.5. The van der Waals surface area contributed by atoms with Crippen molar-refractivity contribution in [3.05, 3.63) is 70.1 Å². The van der Waals surface area contributed by atoms with Crippen LogP contribution < -0.4 is 15.7 Å². The van der Waals surface area contributed by atoms with Crippen LogP contribution in [-0.2, 0) is 23.9 Å². The summed E-state index contributed by atoms with van der Waals surface area (Å²) in [5.74, 6) is -2.88. The zero-order chi connectivity index (χ0) is 26.2. The van der Waals surface area contributed by atoms with Gasteiger partial charge < -0.3 is 34.2 Å². The minimum Gasteiger partial charge on any atom is -0.504 e. The molecule has 0 radical (unpaired) electrons. The second-order valence-electron chi connectivity index (χ2n) is 7.30. The summed E-state index contributed by atoms with van der Waals surface area (Å²) in [5, 5.41) is 21.6. The molecule has 0 aliphatic heterocycles. The molecule has 3 rings (SSSR count). The molecule has 11 heteroatoms. The van der Waals surface area contributed by atoms with Gasteiger partial charge >= 0.3 is 17.6 Å². The van der Waals surface area contributed by atoms with E-state index in [1.807, 2.05) is 0 Å². The summed E-state index contributed by atoms with van der Waals surface area (Å²) < 4.78 is 20.5. The van der Waals surface area contributed by atoms with Crippen molar-refractivity contribution in [1.29, 1.82) is 0 Å². The van der Waals surface area contributed by atoms with E-state index in [9.17, 15) is 29.4 Å². The lowest BCUT2D eigenvalue weighted by atomic mass is 10.0. The predicted octanol–water partition coefficient (Wildman–Crippen LogP) is 2.19. The maximum absolute atomic E-state index is 13.0. The lowest BCUT2D eigenvalue weighted by Gasteiger charge is -2.18. The van der Waals surface area contributed by atoms with Crippen molar-refractivity contribution in [3.8, 4) is 17.2 Å². The SMILES string of the molecule is CCOC(=O)CNC(=O)C(OC(=O)/C=C\c1ccc(O)c(O)c1)c1cc(=O)oc2cc(OC)ccc12. The van der Waals surface area contributed by atoms with E-state index in [1.165, 1.54) is 43.5 Å². The first kappa shape index (κ1) is 25.8. The van der Waals surface area contributed by atoms with E-state index in [2.05, 4.69) is 5.32 Å². The second-order valence-corrected chi connectivity index (χ2v) is 7.30. The summed E-state index contributed by atoms with van der Waals surface area (Å²) in [5.41, 5.74) is -0.330. The summed E-state index contributed by atoms with van der Waals surface area (Å²) in [6.07, 6.45) is 0.649. The molecule has 1 amide bonds. The normalized spacial score (nSPS) is 11.7. The average molecular weight is 497 g/mol. The van der Waals surface area contributed by atoms with Crippen molar-refractivity contribution in [2.75, 3.05) is 20.3 Å². The maximum Gasteiger partial charge on any atom is 0.336 e. The predicted molar refractivity (Wildman–Crippen MR) is 126 cm³/mol. The van der Waals surface area contributed by atoms with Gasteiger partial charge in [0.2, 0.25) is 6.10 Å². The van der Waals surface area contributed by atoms with Gasteiger partial charge in [-0.15, -0.1) is 0 Å². The van der Waals surface area contributed by atoms with Crippen LogP contribution in [0.5, 0.6) is 17.2 Å². The third-order valence-corrected chi connectivity index (χ3v) is 4.86. The summed E-state index contributed by atoms with van der Waals surface area (Å²) >= 11 is 0. The van der Waals surface area contributed by atoms with Crippen LogP contribution in [0.25, 0.3) is 17.0 Å². The summed E-state index contributed by atoms with van der Waals surface area (Å²) in [6, 6.07) is 9.43. The molecule has 3 aromatic rings. The van der Waals surface area contributed by atoms with Gasteiger partial charge in [-0.05, 0) is 42.8 Å². The first-order chi connectivity index (χ1) is 17.2. The summed E-state index contributed by atoms with van der Waals surface area (Å²) in [4.78, 5) is 49.5. The number of amides is 1. The number of aromatic hydroxyl groups is 2. The quantitative estimate of drug-likeness (QED) is 0.173. The number of hydrogen-bond donors (Lipinski definition) is 3. The molecule has 0 fully saturated rings. The minimum atomic E-state index is -1.63. The molecule has 0 saturated heterocycles. The van der Waals surface area contributed by atoms with Gasteiger partial charge in [0, 0.05) is 29.2 Å². The largest absolute Gasteiger partial charge is 0.504 e. The smallest absolute Gasteiger partial charge is 0.336 e. The van der Waals surface area contributed by atoms with E-state index in [-0.39, 0.29) is 29.3 Å². The van der Waals surface area contributed by atoms with Gasteiger partial charge in [0.1, 0.15) is 17.9 Å². The third kappa shape index (κ3) is 6.41. The van der Waals surface area contributed by atoms with Crippen LogP contribution in [0.3, 0.4) is 0 Å². The molecular weight excluding hydrogens is 474 g/mol. The van der Waals surface area contributed by atoms with E-state index in [0.29, 0.717) is 16.7 Å². The molecule has 0 saturated carbocycles. The van der Waals surface area contributed by atoms with Gasteiger partial charge in [0.25, 0.3) is 5.91 Å². The standard InChI is InChI=1S/C25H23NO10/c1-3-34-23(31)13-26-25(32)24(36-21(29)9-5-14-4-8-18(27)19(28)10-14)17-12-22(30)35-20-11-15(33-2)6-7-16(17)20/h4-12,24,27-28H,3,13H2,1-2H3,(H,26,32)/b9-5-. The number of hydrogen-bond acceptors (Lipinski definition) is 10. The number of carbonyl (C=O) groups is 3. The average Bonchev–Trinajstić information content (AvgIpc) is 2.85. The maximum atomic E-state index is 13.0. The van der Waals surface area contributed by atoms with Gasteiger partial charge in [0.05, 0.1) is 13.7 Å². The monoisotopic (exact) mass is 497 g/mol. The van der Waals surface area contributed by atoms with Crippen LogP contribution in [0.4, 0.5) is 0 Å². The number of phenols is 2. The molecule has 11 nitrogen and oxygen atoms in total. The van der Waals surface area contributed by atoms with E-state index in [0.717, 1.165) is 12.1 Å². The van der Waals surface area contributed by atoms with Crippen LogP contribution in [-0.4, -0.2) is 48.3 Å². The van der Waals surface area contributed by atoms with Gasteiger partial charge in [0.15, 0.2) is 11.5 Å². The second kappa shape index (κ2) is 11.6. The fraction of sp³-hybridized carbons (Fsp3) is 0.200. The number of carbonyl (C=O) groups excluding carboxylic acids is 3. The lowest BCUT2D eigenvalue weighted by molar-refractivity contribution is -0.152. The molecule has 0 aliphatic carbocycles. The molecule has 2 aromatic carbocycles. The fourth-order valence-electron chi connectivity index (χ4n) is 3.20. The van der Waals surface area contributed by atoms with Crippen LogP contribution >= 0.6 is 0 Å². The number of methoxy groups -OCH3 is 1. The molecule has 36 heavy (non-hydrogen) atoms. The van der Waals surface area contributed by atoms with Crippen molar-refractivity contribution in [3.63, 3.8) is 0 Å². The van der Waals surface area contributed by atoms with Crippen LogP contribution in [0, 0.1) is 0 Å². The van der Waals surface area contributed by atoms with Gasteiger partial charge in [-0.1, -0.05) is 6.07 Å². The van der Waals surface area contributed by atoms with Crippen molar-refractivity contribution in [2.24, 2.45) is 0 Å². The Bertz CT molecular complexity index is 1380. The Hall–Kier alpha value is -4.80. The van der Waals surface area contributed by atoms with Crippen molar-refractivity contribution < 1.29 is 43.2 Å². The Kier molecular flexibility index (Phi) is 8.29. The Balaban J connectivity index is 1.95. The Morgan fingerprint density at radius 1 is 1.08 bits per heavy atom. The van der Waals surface area contributed by atoms with Crippen molar-refractivity contribution in [2.45, 2.75) is 13.0 Å². The lowest BCUT2D eigenvalue weighted by Crippen LogP contribution is -2.36. The zero-order valence-corrected chi connectivity index (χ0v) is 19.3. The highest BCUT2D eigenvalue weighted by Gasteiger charge is 2.28. The zero-order valence-electron chi connectivity index (χ0n) is 19.3. The summed E-state index contributed by atoms with van der Waals surface area (Å²) in [7, 11) is 1.43. The van der Waals surface area contributed by atoms with Gasteiger partial charge in [-0.2, -0.15) is 0 Å². The molecule has 0 spiro atoms. The molecule has 0 aliphatic rings. The molecule has 3 N–H and O–H groups in total. The summed E-state index contributed by atoms with van der Waals surface area (Å²) in [6.45, 7) is 1.22. The molecule has 0 bridgehead atoms. The van der Waals surface area contributed by atoms with E-state index in [1.54, 1.807) is 13.0 Å². The number of phenolic OH excluding ortho intramolecular Hbond substituents is 2. The van der Waals surface area contributed by atoms with Crippen molar-refractivity contribution in [1.82, 2.24) is 5.32 Å². The Labute approximate surface area is 204 Å². The molecular formula is C25H23NO10. The molecule has 1 unspecified atom stereocenters. The number of benzene rings is 2. The molecule has 1 atom stereocenters. The topological polar surface area (TPSA) is 162 Å². The first-order valence-corrected chi connectivity index (χ1v) is 10.7. The first-order valence-electron chi connectivity index (χ1n) is 10.7. The number of rotatable bonds is 9.